The van der Waals surface area contributed by atoms with Gasteiger partial charge in [-0.15, -0.1) is 0 Å². The van der Waals surface area contributed by atoms with Crippen molar-refractivity contribution in [2.24, 2.45) is 0 Å². The van der Waals surface area contributed by atoms with E-state index in [1.165, 1.54) is 6.42 Å². The van der Waals surface area contributed by atoms with Gasteiger partial charge < -0.3 is 9.80 Å². The second kappa shape index (κ2) is 5.72. The van der Waals surface area contributed by atoms with Crippen LogP contribution >= 0.6 is 0 Å². The lowest BCUT2D eigenvalue weighted by Crippen LogP contribution is -2.52. The zero-order valence-electron chi connectivity index (χ0n) is 11.5. The fourth-order valence-electron chi connectivity index (χ4n) is 3.19. The maximum absolute atomic E-state index is 12.4. The first-order chi connectivity index (χ1) is 8.59. The van der Waals surface area contributed by atoms with E-state index in [2.05, 4.69) is 13.8 Å². The van der Waals surface area contributed by atoms with Crippen molar-refractivity contribution >= 4 is 11.8 Å². The summed E-state index contributed by atoms with van der Waals surface area (Å²) in [6.45, 7) is 5.27. The number of hydrogen-bond acceptors (Lipinski definition) is 2. The van der Waals surface area contributed by atoms with Gasteiger partial charge in [0.15, 0.2) is 0 Å². The van der Waals surface area contributed by atoms with Crippen LogP contribution in [-0.4, -0.2) is 46.8 Å². The summed E-state index contributed by atoms with van der Waals surface area (Å²) in [7, 11) is 0. The van der Waals surface area contributed by atoms with Crippen LogP contribution in [0.2, 0.25) is 0 Å². The predicted molar refractivity (Wildman–Crippen MR) is 70.1 cm³/mol. The minimum atomic E-state index is 0.130. The molecule has 4 heteroatoms. The highest BCUT2D eigenvalue weighted by molar-refractivity contribution is 5.85. The molecular weight excluding hydrogens is 228 g/mol. The Kier molecular flexibility index (Phi) is 4.25. The molecule has 2 aliphatic rings. The third kappa shape index (κ3) is 2.85. The average Bonchev–Trinajstić information content (AvgIpc) is 2.32. The highest BCUT2D eigenvalue weighted by Crippen LogP contribution is 2.23. The normalized spacial score (nSPS) is 29.6. The SMILES string of the molecule is CC1CCCC(C)N1C(=O)CN1CCCCC1=O. The Labute approximate surface area is 109 Å². The molecule has 0 aliphatic carbocycles. The smallest absolute Gasteiger partial charge is 0.242 e. The topological polar surface area (TPSA) is 40.6 Å². The van der Waals surface area contributed by atoms with Gasteiger partial charge in [-0.05, 0) is 46.0 Å². The molecule has 2 unspecified atom stereocenters. The van der Waals surface area contributed by atoms with Crippen LogP contribution in [0, 0.1) is 0 Å². The molecule has 0 N–H and O–H groups in total. The quantitative estimate of drug-likeness (QED) is 0.751. The predicted octanol–water partition coefficient (Wildman–Crippen LogP) is 1.79. The van der Waals surface area contributed by atoms with Crippen molar-refractivity contribution in [1.82, 2.24) is 9.80 Å². The van der Waals surface area contributed by atoms with Gasteiger partial charge in [-0.3, -0.25) is 9.59 Å². The number of amides is 2. The van der Waals surface area contributed by atoms with Gasteiger partial charge >= 0.3 is 0 Å². The second-order valence-corrected chi connectivity index (χ2v) is 5.70. The third-order valence-electron chi connectivity index (χ3n) is 4.23. The van der Waals surface area contributed by atoms with Crippen molar-refractivity contribution in [1.29, 1.82) is 0 Å². The molecule has 0 aromatic heterocycles. The average molecular weight is 252 g/mol. The monoisotopic (exact) mass is 252 g/mol. The lowest BCUT2D eigenvalue weighted by atomic mass is 9.97. The highest BCUT2D eigenvalue weighted by Gasteiger charge is 2.31. The Morgan fingerprint density at radius 1 is 1.17 bits per heavy atom. The van der Waals surface area contributed by atoms with E-state index in [0.29, 0.717) is 18.5 Å². The van der Waals surface area contributed by atoms with Crippen molar-refractivity contribution in [2.75, 3.05) is 13.1 Å². The van der Waals surface area contributed by atoms with Crippen LogP contribution in [0.5, 0.6) is 0 Å². The molecule has 0 saturated carbocycles. The van der Waals surface area contributed by atoms with E-state index >= 15 is 0 Å². The Morgan fingerprint density at radius 2 is 1.83 bits per heavy atom. The molecule has 0 spiro atoms. The van der Waals surface area contributed by atoms with Gasteiger partial charge in [0.05, 0.1) is 6.54 Å². The van der Waals surface area contributed by atoms with E-state index in [9.17, 15) is 9.59 Å². The fourth-order valence-corrected chi connectivity index (χ4v) is 3.19. The molecule has 2 atom stereocenters. The first-order valence-electron chi connectivity index (χ1n) is 7.18. The number of rotatable bonds is 2. The van der Waals surface area contributed by atoms with E-state index in [1.807, 2.05) is 4.90 Å². The molecule has 0 bridgehead atoms. The van der Waals surface area contributed by atoms with Crippen LogP contribution in [0.4, 0.5) is 0 Å². The van der Waals surface area contributed by atoms with Gasteiger partial charge in [-0.1, -0.05) is 0 Å². The minimum Gasteiger partial charge on any atom is -0.336 e. The number of likely N-dealkylation sites (tertiary alicyclic amines) is 2. The summed E-state index contributed by atoms with van der Waals surface area (Å²) in [5.41, 5.74) is 0. The van der Waals surface area contributed by atoms with E-state index in [4.69, 9.17) is 0 Å². The number of hydrogen-bond donors (Lipinski definition) is 0. The summed E-state index contributed by atoms with van der Waals surface area (Å²) in [6.07, 6.45) is 5.99. The minimum absolute atomic E-state index is 0.130. The van der Waals surface area contributed by atoms with Gasteiger partial charge in [0.2, 0.25) is 11.8 Å². The zero-order valence-corrected chi connectivity index (χ0v) is 11.5. The standard InChI is InChI=1S/C14H24N2O2/c1-11-6-5-7-12(2)16(11)14(18)10-15-9-4-3-8-13(15)17/h11-12H,3-10H2,1-2H3. The molecule has 0 aromatic carbocycles. The van der Waals surface area contributed by atoms with Crippen LogP contribution in [0.15, 0.2) is 0 Å². The van der Waals surface area contributed by atoms with E-state index in [-0.39, 0.29) is 18.4 Å². The van der Waals surface area contributed by atoms with Crippen LogP contribution < -0.4 is 0 Å². The lowest BCUT2D eigenvalue weighted by Gasteiger charge is -2.40. The van der Waals surface area contributed by atoms with Gasteiger partial charge in [0.25, 0.3) is 0 Å². The van der Waals surface area contributed by atoms with Crippen molar-refractivity contribution in [2.45, 2.75) is 64.5 Å². The van der Waals surface area contributed by atoms with Crippen LogP contribution in [0.25, 0.3) is 0 Å². The zero-order chi connectivity index (χ0) is 13.1. The van der Waals surface area contributed by atoms with Crippen LogP contribution in [0.3, 0.4) is 0 Å². The summed E-state index contributed by atoms with van der Waals surface area (Å²) in [4.78, 5) is 27.8. The third-order valence-corrected chi connectivity index (χ3v) is 4.23. The van der Waals surface area contributed by atoms with Crippen molar-refractivity contribution in [3.05, 3.63) is 0 Å². The van der Waals surface area contributed by atoms with Gasteiger partial charge in [0.1, 0.15) is 0 Å². The number of carbonyl (C=O) groups excluding carboxylic acids is 2. The van der Waals surface area contributed by atoms with Crippen LogP contribution in [-0.2, 0) is 9.59 Å². The van der Waals surface area contributed by atoms with Crippen LogP contribution in [0.1, 0.15) is 52.4 Å². The Bertz CT molecular complexity index is 320. The molecular formula is C14H24N2O2. The molecule has 2 aliphatic heterocycles. The fraction of sp³-hybridized carbons (Fsp3) is 0.857. The molecule has 4 nitrogen and oxygen atoms in total. The number of nitrogens with zero attached hydrogens (tertiary/aromatic N) is 2. The Hall–Kier alpha value is -1.06. The molecule has 2 amide bonds. The summed E-state index contributed by atoms with van der Waals surface area (Å²) in [6, 6.07) is 0.641. The van der Waals surface area contributed by atoms with Gasteiger partial charge in [0, 0.05) is 25.0 Å². The summed E-state index contributed by atoms with van der Waals surface area (Å²) < 4.78 is 0. The maximum Gasteiger partial charge on any atom is 0.242 e. The van der Waals surface area contributed by atoms with E-state index < -0.39 is 0 Å². The molecule has 0 radical (unpaired) electrons. The lowest BCUT2D eigenvalue weighted by molar-refractivity contribution is -0.145. The van der Waals surface area contributed by atoms with Crippen molar-refractivity contribution in [3.63, 3.8) is 0 Å². The molecule has 2 saturated heterocycles. The molecule has 0 aromatic rings. The summed E-state index contributed by atoms with van der Waals surface area (Å²) in [5, 5.41) is 0. The number of piperidine rings is 2. The number of carbonyl (C=O) groups is 2. The van der Waals surface area contributed by atoms with Crippen molar-refractivity contribution < 1.29 is 9.59 Å². The Balaban J connectivity index is 1.95. The Morgan fingerprint density at radius 3 is 2.44 bits per heavy atom. The van der Waals surface area contributed by atoms with Gasteiger partial charge in [-0.2, -0.15) is 0 Å². The summed E-state index contributed by atoms with van der Waals surface area (Å²) >= 11 is 0. The van der Waals surface area contributed by atoms with Crippen molar-refractivity contribution in [3.8, 4) is 0 Å². The molecule has 18 heavy (non-hydrogen) atoms. The van der Waals surface area contributed by atoms with E-state index in [1.54, 1.807) is 4.90 Å². The molecule has 2 rings (SSSR count). The molecule has 102 valence electrons. The van der Waals surface area contributed by atoms with E-state index in [0.717, 1.165) is 32.2 Å². The second-order valence-electron chi connectivity index (χ2n) is 5.70. The first kappa shape index (κ1) is 13.4. The molecule has 2 heterocycles. The maximum atomic E-state index is 12.4. The summed E-state index contributed by atoms with van der Waals surface area (Å²) in [5.74, 6) is 0.275. The first-order valence-corrected chi connectivity index (χ1v) is 7.18. The largest absolute Gasteiger partial charge is 0.336 e. The molecule has 2 fully saturated rings. The highest BCUT2D eigenvalue weighted by atomic mass is 16.2. The van der Waals surface area contributed by atoms with Gasteiger partial charge in [-0.25, -0.2) is 0 Å².